The Hall–Kier alpha value is -2.75. The number of anilines is 1. The quantitative estimate of drug-likeness (QED) is 0.530. The Labute approximate surface area is 191 Å². The van der Waals surface area contributed by atoms with Gasteiger partial charge in [0.05, 0.1) is 10.9 Å². The van der Waals surface area contributed by atoms with E-state index < -0.39 is 22.0 Å². The average molecular weight is 475 g/mol. The SMILES string of the molecule is Cc1cc(Cl)ccc1NC(=O)[C@@H](C)NS(=O)(=O)c1cc(-c2noc(C3CC3)n2)ccc1C. The van der Waals surface area contributed by atoms with Gasteiger partial charge in [-0.2, -0.15) is 9.71 Å². The molecule has 10 heteroatoms. The van der Waals surface area contributed by atoms with Gasteiger partial charge in [-0.3, -0.25) is 4.79 Å². The van der Waals surface area contributed by atoms with Crippen molar-refractivity contribution >= 4 is 33.2 Å². The molecule has 0 unspecified atom stereocenters. The number of aromatic nitrogens is 2. The first-order valence-electron chi connectivity index (χ1n) is 10.2. The normalized spacial score (nSPS) is 14.9. The van der Waals surface area contributed by atoms with Crippen molar-refractivity contribution in [2.24, 2.45) is 0 Å². The van der Waals surface area contributed by atoms with Gasteiger partial charge in [-0.25, -0.2) is 8.42 Å². The Morgan fingerprint density at radius 1 is 1.16 bits per heavy atom. The van der Waals surface area contributed by atoms with Gasteiger partial charge < -0.3 is 9.84 Å². The lowest BCUT2D eigenvalue weighted by atomic mass is 10.1. The van der Waals surface area contributed by atoms with Gasteiger partial charge in [0.1, 0.15) is 0 Å². The van der Waals surface area contributed by atoms with Gasteiger partial charge in [0.2, 0.25) is 27.6 Å². The maximum absolute atomic E-state index is 13.1. The fraction of sp³-hybridized carbons (Fsp3) is 0.318. The Morgan fingerprint density at radius 3 is 2.59 bits per heavy atom. The number of halogens is 1. The number of nitrogens with zero attached hydrogens (tertiary/aromatic N) is 2. The summed E-state index contributed by atoms with van der Waals surface area (Å²) in [7, 11) is -3.99. The summed E-state index contributed by atoms with van der Waals surface area (Å²) in [5.41, 5.74) is 2.40. The maximum Gasteiger partial charge on any atom is 0.242 e. The highest BCUT2D eigenvalue weighted by molar-refractivity contribution is 7.89. The van der Waals surface area contributed by atoms with Crippen molar-refractivity contribution < 1.29 is 17.7 Å². The number of amides is 1. The molecule has 0 spiro atoms. The van der Waals surface area contributed by atoms with E-state index in [-0.39, 0.29) is 4.90 Å². The molecule has 2 aromatic carbocycles. The second kappa shape index (κ2) is 8.65. The van der Waals surface area contributed by atoms with Crippen LogP contribution in [0.2, 0.25) is 5.02 Å². The molecule has 0 radical (unpaired) electrons. The highest BCUT2D eigenvalue weighted by atomic mass is 35.5. The molecule has 4 rings (SSSR count). The lowest BCUT2D eigenvalue weighted by molar-refractivity contribution is -0.117. The zero-order valence-corrected chi connectivity index (χ0v) is 19.4. The average Bonchev–Trinajstić information content (AvgIpc) is 3.47. The smallest absolute Gasteiger partial charge is 0.242 e. The maximum atomic E-state index is 13.1. The van der Waals surface area contributed by atoms with Crippen LogP contribution in [-0.4, -0.2) is 30.5 Å². The molecule has 1 aliphatic rings. The zero-order valence-electron chi connectivity index (χ0n) is 17.8. The van der Waals surface area contributed by atoms with Crippen LogP contribution in [0.5, 0.6) is 0 Å². The molecular formula is C22H23ClN4O4S. The van der Waals surface area contributed by atoms with E-state index in [0.717, 1.165) is 18.4 Å². The summed E-state index contributed by atoms with van der Waals surface area (Å²) in [6, 6.07) is 8.95. The third kappa shape index (κ3) is 4.85. The molecule has 1 aromatic heterocycles. The number of aryl methyl sites for hydroxylation is 2. The number of rotatable bonds is 7. The summed E-state index contributed by atoms with van der Waals surface area (Å²) in [6.07, 6.45) is 2.04. The van der Waals surface area contributed by atoms with Gasteiger partial charge in [-0.1, -0.05) is 28.9 Å². The number of carbonyl (C=O) groups is 1. The minimum Gasteiger partial charge on any atom is -0.339 e. The zero-order chi connectivity index (χ0) is 23.0. The lowest BCUT2D eigenvalue weighted by Gasteiger charge is -2.17. The van der Waals surface area contributed by atoms with Crippen LogP contribution in [0.25, 0.3) is 11.4 Å². The third-order valence-electron chi connectivity index (χ3n) is 5.28. The predicted octanol–water partition coefficient (Wildman–Crippen LogP) is 4.19. The molecule has 1 heterocycles. The Balaban J connectivity index is 1.52. The van der Waals surface area contributed by atoms with Crippen LogP contribution >= 0.6 is 11.6 Å². The minimum absolute atomic E-state index is 0.0510. The number of sulfonamides is 1. The summed E-state index contributed by atoms with van der Waals surface area (Å²) in [6.45, 7) is 4.97. The van der Waals surface area contributed by atoms with Crippen LogP contribution in [0.15, 0.2) is 45.8 Å². The second-order valence-electron chi connectivity index (χ2n) is 8.00. The Kier molecular flexibility index (Phi) is 6.07. The van der Waals surface area contributed by atoms with Crippen molar-refractivity contribution in [1.29, 1.82) is 0 Å². The third-order valence-corrected chi connectivity index (χ3v) is 7.19. The van der Waals surface area contributed by atoms with Gasteiger partial charge in [-0.05, 0) is 69.0 Å². The van der Waals surface area contributed by atoms with Crippen LogP contribution in [0.4, 0.5) is 5.69 Å². The van der Waals surface area contributed by atoms with E-state index in [1.807, 2.05) is 0 Å². The van der Waals surface area contributed by atoms with Crippen LogP contribution in [0.3, 0.4) is 0 Å². The fourth-order valence-corrected chi connectivity index (χ4v) is 4.94. The summed E-state index contributed by atoms with van der Waals surface area (Å²) in [5.74, 6) is 0.730. The van der Waals surface area contributed by atoms with E-state index in [4.69, 9.17) is 16.1 Å². The summed E-state index contributed by atoms with van der Waals surface area (Å²) >= 11 is 5.94. The number of hydrogen-bond donors (Lipinski definition) is 2. The molecule has 0 aliphatic heterocycles. The first-order chi connectivity index (χ1) is 15.1. The first-order valence-corrected chi connectivity index (χ1v) is 12.0. The van der Waals surface area contributed by atoms with Gasteiger partial charge in [0.15, 0.2) is 0 Å². The number of carbonyl (C=O) groups excluding carboxylic acids is 1. The van der Waals surface area contributed by atoms with Gasteiger partial charge in [-0.15, -0.1) is 0 Å². The summed E-state index contributed by atoms with van der Waals surface area (Å²) in [5, 5.41) is 7.25. The molecule has 32 heavy (non-hydrogen) atoms. The fourth-order valence-electron chi connectivity index (χ4n) is 3.24. The van der Waals surface area contributed by atoms with Crippen LogP contribution in [-0.2, 0) is 14.8 Å². The molecule has 0 saturated heterocycles. The molecule has 1 saturated carbocycles. The molecule has 1 amide bonds. The van der Waals surface area contributed by atoms with Crippen molar-refractivity contribution in [2.45, 2.75) is 50.5 Å². The van der Waals surface area contributed by atoms with Crippen molar-refractivity contribution in [1.82, 2.24) is 14.9 Å². The van der Waals surface area contributed by atoms with E-state index in [1.54, 1.807) is 44.2 Å². The standard InChI is InChI=1S/C22H23ClN4O4S/c1-12-4-5-16(20-25-22(31-26-20)15-6-7-15)11-19(12)32(29,30)27-14(3)21(28)24-18-9-8-17(23)10-13(18)2/h4-5,8-11,14-15,27H,6-7H2,1-3H3,(H,24,28)/t14-/m1/s1. The first kappa shape index (κ1) is 22.4. The van der Waals surface area contributed by atoms with Crippen LogP contribution in [0, 0.1) is 13.8 Å². The minimum atomic E-state index is -3.99. The highest BCUT2D eigenvalue weighted by Crippen LogP contribution is 2.39. The van der Waals surface area contributed by atoms with Gasteiger partial charge >= 0.3 is 0 Å². The van der Waals surface area contributed by atoms with Crippen molar-refractivity contribution in [2.75, 3.05) is 5.32 Å². The topological polar surface area (TPSA) is 114 Å². The van der Waals surface area contributed by atoms with Gasteiger partial charge in [0, 0.05) is 22.2 Å². The van der Waals surface area contributed by atoms with E-state index in [0.29, 0.717) is 39.5 Å². The number of benzene rings is 2. The lowest BCUT2D eigenvalue weighted by Crippen LogP contribution is -2.41. The van der Waals surface area contributed by atoms with Gasteiger partial charge in [0.25, 0.3) is 0 Å². The molecule has 168 valence electrons. The van der Waals surface area contributed by atoms with Crippen molar-refractivity contribution in [3.63, 3.8) is 0 Å². The molecule has 3 aromatic rings. The monoisotopic (exact) mass is 474 g/mol. The predicted molar refractivity (Wildman–Crippen MR) is 121 cm³/mol. The molecule has 0 bridgehead atoms. The van der Waals surface area contributed by atoms with E-state index in [9.17, 15) is 13.2 Å². The largest absolute Gasteiger partial charge is 0.339 e. The summed E-state index contributed by atoms with van der Waals surface area (Å²) < 4.78 is 33.9. The molecule has 8 nitrogen and oxygen atoms in total. The van der Waals surface area contributed by atoms with Crippen molar-refractivity contribution in [3.8, 4) is 11.4 Å². The highest BCUT2D eigenvalue weighted by Gasteiger charge is 2.30. The molecular weight excluding hydrogens is 452 g/mol. The number of hydrogen-bond acceptors (Lipinski definition) is 6. The van der Waals surface area contributed by atoms with E-state index in [2.05, 4.69) is 20.2 Å². The Bertz CT molecular complexity index is 1280. The molecule has 1 fully saturated rings. The summed E-state index contributed by atoms with van der Waals surface area (Å²) in [4.78, 5) is 17.0. The second-order valence-corrected chi connectivity index (χ2v) is 10.1. The Morgan fingerprint density at radius 2 is 1.91 bits per heavy atom. The molecule has 1 aliphatic carbocycles. The number of nitrogens with one attached hydrogen (secondary N) is 2. The van der Waals surface area contributed by atoms with E-state index in [1.165, 1.54) is 13.0 Å². The van der Waals surface area contributed by atoms with Crippen LogP contribution < -0.4 is 10.0 Å². The molecule has 2 N–H and O–H groups in total. The van der Waals surface area contributed by atoms with E-state index >= 15 is 0 Å². The molecule has 1 atom stereocenters. The van der Waals surface area contributed by atoms with Crippen molar-refractivity contribution in [3.05, 3.63) is 58.4 Å². The van der Waals surface area contributed by atoms with Crippen LogP contribution in [0.1, 0.15) is 42.7 Å².